The summed E-state index contributed by atoms with van der Waals surface area (Å²) in [5.74, 6) is -1.17. The molecule has 130 valence electrons. The molecule has 7 nitrogen and oxygen atoms in total. The smallest absolute Gasteiger partial charge is 0.267 e. The van der Waals surface area contributed by atoms with Crippen LogP contribution >= 0.6 is 11.6 Å². The van der Waals surface area contributed by atoms with E-state index in [0.29, 0.717) is 5.56 Å². The van der Waals surface area contributed by atoms with E-state index in [4.69, 9.17) is 11.6 Å². The van der Waals surface area contributed by atoms with Crippen LogP contribution in [0.5, 0.6) is 0 Å². The van der Waals surface area contributed by atoms with Gasteiger partial charge >= 0.3 is 0 Å². The molecule has 0 aliphatic rings. The van der Waals surface area contributed by atoms with Crippen LogP contribution in [0.3, 0.4) is 0 Å². The molecule has 0 atom stereocenters. The van der Waals surface area contributed by atoms with Crippen LogP contribution in [-0.4, -0.2) is 16.7 Å². The number of non-ortho nitro benzene ring substituents is 1. The summed E-state index contributed by atoms with van der Waals surface area (Å²) < 4.78 is 0. The summed E-state index contributed by atoms with van der Waals surface area (Å²) >= 11 is 5.90. The highest BCUT2D eigenvalue weighted by atomic mass is 35.5. The number of nitro benzene ring substituents is 1. The molecule has 0 fully saturated rings. The summed E-state index contributed by atoms with van der Waals surface area (Å²) in [7, 11) is 0. The number of hydrogen-bond donors (Lipinski definition) is 2. The molecule has 3 rings (SSSR count). The van der Waals surface area contributed by atoms with Crippen LogP contribution in [0.4, 0.5) is 5.69 Å². The van der Waals surface area contributed by atoms with Crippen molar-refractivity contribution in [3.63, 3.8) is 0 Å². The summed E-state index contributed by atoms with van der Waals surface area (Å²) in [5.41, 5.74) is 4.76. The van der Waals surface area contributed by atoms with Gasteiger partial charge in [-0.25, -0.2) is 0 Å². The van der Waals surface area contributed by atoms with Gasteiger partial charge in [-0.15, -0.1) is 0 Å². The first kappa shape index (κ1) is 17.4. The van der Waals surface area contributed by atoms with Gasteiger partial charge in [-0.3, -0.25) is 30.6 Å². The fourth-order valence-electron chi connectivity index (χ4n) is 2.47. The molecule has 0 spiro atoms. The maximum absolute atomic E-state index is 12.4. The number of fused-ring (bicyclic) bond motifs is 1. The number of rotatable bonds is 3. The summed E-state index contributed by atoms with van der Waals surface area (Å²) in [5, 5.41) is 12.3. The maximum Gasteiger partial charge on any atom is 0.271 e. The Bertz CT molecular complexity index is 1030. The molecule has 0 aromatic heterocycles. The molecule has 0 saturated heterocycles. The molecule has 0 aliphatic carbocycles. The van der Waals surface area contributed by atoms with Crippen molar-refractivity contribution in [1.29, 1.82) is 0 Å². The molecule has 0 saturated carbocycles. The molecule has 0 aliphatic heterocycles. The molecule has 3 aromatic carbocycles. The standard InChI is InChI=1S/C18H12ClN3O4/c19-16-10-12(22(25)26)8-9-15(16)18(24)21-20-17(23)14-7-3-5-11-4-1-2-6-13(11)14/h1-10H,(H,20,23)(H,21,24). The van der Waals surface area contributed by atoms with Crippen LogP contribution in [0.25, 0.3) is 10.8 Å². The number of benzene rings is 3. The Balaban J connectivity index is 1.75. The molecule has 0 unspecified atom stereocenters. The average Bonchev–Trinajstić information content (AvgIpc) is 2.65. The molecule has 0 radical (unpaired) electrons. The number of nitrogens with zero attached hydrogens (tertiary/aromatic N) is 1. The van der Waals surface area contributed by atoms with E-state index in [1.807, 2.05) is 24.3 Å². The zero-order valence-electron chi connectivity index (χ0n) is 13.2. The fourth-order valence-corrected chi connectivity index (χ4v) is 2.73. The lowest BCUT2D eigenvalue weighted by Crippen LogP contribution is -2.41. The van der Waals surface area contributed by atoms with Crippen LogP contribution in [-0.2, 0) is 0 Å². The van der Waals surface area contributed by atoms with Gasteiger partial charge in [0.2, 0.25) is 0 Å². The second kappa shape index (κ2) is 7.20. The monoisotopic (exact) mass is 369 g/mol. The molecular weight excluding hydrogens is 358 g/mol. The number of nitrogens with one attached hydrogen (secondary N) is 2. The first-order valence-electron chi connectivity index (χ1n) is 7.50. The second-order valence-electron chi connectivity index (χ2n) is 5.36. The Labute approximate surface area is 152 Å². The quantitative estimate of drug-likeness (QED) is 0.545. The topological polar surface area (TPSA) is 101 Å². The number of hydrogen-bond acceptors (Lipinski definition) is 4. The number of carbonyl (C=O) groups is 2. The molecule has 0 heterocycles. The third-order valence-corrected chi connectivity index (χ3v) is 4.04. The highest BCUT2D eigenvalue weighted by Gasteiger charge is 2.16. The van der Waals surface area contributed by atoms with E-state index in [1.165, 1.54) is 6.07 Å². The van der Waals surface area contributed by atoms with Gasteiger partial charge in [-0.05, 0) is 22.9 Å². The minimum atomic E-state index is -0.682. The van der Waals surface area contributed by atoms with Crippen LogP contribution < -0.4 is 10.9 Å². The minimum Gasteiger partial charge on any atom is -0.267 e. The Hall–Kier alpha value is -3.45. The molecule has 2 amide bonds. The first-order valence-corrected chi connectivity index (χ1v) is 7.87. The maximum atomic E-state index is 12.4. The Kier molecular flexibility index (Phi) is 4.81. The minimum absolute atomic E-state index is 0.00971. The highest BCUT2D eigenvalue weighted by Crippen LogP contribution is 2.22. The number of nitro groups is 1. The normalized spacial score (nSPS) is 10.3. The van der Waals surface area contributed by atoms with Gasteiger partial charge in [0.25, 0.3) is 17.5 Å². The predicted octanol–water partition coefficient (Wildman–Crippen LogP) is 3.48. The third-order valence-electron chi connectivity index (χ3n) is 3.73. The molecule has 26 heavy (non-hydrogen) atoms. The van der Waals surface area contributed by atoms with E-state index in [1.54, 1.807) is 18.2 Å². The number of amides is 2. The molecular formula is C18H12ClN3O4. The predicted molar refractivity (Wildman–Crippen MR) is 97.0 cm³/mol. The van der Waals surface area contributed by atoms with E-state index >= 15 is 0 Å². The second-order valence-corrected chi connectivity index (χ2v) is 5.76. The van der Waals surface area contributed by atoms with Crippen molar-refractivity contribution in [1.82, 2.24) is 10.9 Å². The largest absolute Gasteiger partial charge is 0.271 e. The van der Waals surface area contributed by atoms with E-state index in [0.717, 1.165) is 22.9 Å². The van der Waals surface area contributed by atoms with Gasteiger partial charge in [0.15, 0.2) is 0 Å². The van der Waals surface area contributed by atoms with Gasteiger partial charge in [-0.2, -0.15) is 0 Å². The Morgan fingerprint density at radius 2 is 1.54 bits per heavy atom. The van der Waals surface area contributed by atoms with Crippen molar-refractivity contribution in [3.8, 4) is 0 Å². The van der Waals surface area contributed by atoms with Crippen LogP contribution in [0.2, 0.25) is 5.02 Å². The zero-order chi connectivity index (χ0) is 18.7. The lowest BCUT2D eigenvalue weighted by Gasteiger charge is -2.10. The summed E-state index contributed by atoms with van der Waals surface area (Å²) in [6, 6.07) is 16.1. The highest BCUT2D eigenvalue weighted by molar-refractivity contribution is 6.34. The van der Waals surface area contributed by atoms with Crippen LogP contribution in [0.15, 0.2) is 60.7 Å². The summed E-state index contributed by atoms with van der Waals surface area (Å²) in [4.78, 5) is 34.6. The zero-order valence-corrected chi connectivity index (χ0v) is 14.0. The Morgan fingerprint density at radius 1 is 0.885 bits per heavy atom. The van der Waals surface area contributed by atoms with Gasteiger partial charge < -0.3 is 0 Å². The van der Waals surface area contributed by atoms with Crippen molar-refractivity contribution in [2.24, 2.45) is 0 Å². The SMILES string of the molecule is O=C(NNC(=O)c1cccc2ccccc12)c1ccc([N+](=O)[O-])cc1Cl. The van der Waals surface area contributed by atoms with E-state index in [9.17, 15) is 19.7 Å². The molecule has 0 bridgehead atoms. The van der Waals surface area contributed by atoms with E-state index < -0.39 is 16.7 Å². The Morgan fingerprint density at radius 3 is 2.23 bits per heavy atom. The van der Waals surface area contributed by atoms with Crippen molar-refractivity contribution in [2.75, 3.05) is 0 Å². The lowest BCUT2D eigenvalue weighted by atomic mass is 10.0. The fraction of sp³-hybridized carbons (Fsp3) is 0. The molecule has 3 aromatic rings. The van der Waals surface area contributed by atoms with Crippen molar-refractivity contribution in [3.05, 3.63) is 86.9 Å². The average molecular weight is 370 g/mol. The van der Waals surface area contributed by atoms with Gasteiger partial charge in [-0.1, -0.05) is 48.0 Å². The first-order chi connectivity index (χ1) is 12.5. The summed E-state index contributed by atoms with van der Waals surface area (Å²) in [6.07, 6.45) is 0. The van der Waals surface area contributed by atoms with Gasteiger partial charge in [0.05, 0.1) is 15.5 Å². The lowest BCUT2D eigenvalue weighted by molar-refractivity contribution is -0.384. The van der Waals surface area contributed by atoms with Gasteiger partial charge in [0.1, 0.15) is 0 Å². The van der Waals surface area contributed by atoms with Crippen molar-refractivity contribution >= 4 is 39.9 Å². The van der Waals surface area contributed by atoms with E-state index in [-0.39, 0.29) is 16.3 Å². The van der Waals surface area contributed by atoms with Crippen LogP contribution in [0.1, 0.15) is 20.7 Å². The molecule has 2 N–H and O–H groups in total. The van der Waals surface area contributed by atoms with Crippen molar-refractivity contribution in [2.45, 2.75) is 0 Å². The van der Waals surface area contributed by atoms with Gasteiger partial charge in [0, 0.05) is 17.7 Å². The number of halogens is 1. The van der Waals surface area contributed by atoms with Crippen LogP contribution in [0, 0.1) is 10.1 Å². The van der Waals surface area contributed by atoms with E-state index in [2.05, 4.69) is 10.9 Å². The third kappa shape index (κ3) is 3.47. The number of carbonyl (C=O) groups excluding carboxylic acids is 2. The number of hydrazine groups is 1. The summed E-state index contributed by atoms with van der Waals surface area (Å²) in [6.45, 7) is 0. The van der Waals surface area contributed by atoms with Crippen molar-refractivity contribution < 1.29 is 14.5 Å². The molecule has 8 heteroatoms.